The molecule has 0 aliphatic rings. The fourth-order valence-corrected chi connectivity index (χ4v) is 8.64. The number of para-hydroxylation sites is 3. The third-order valence-electron chi connectivity index (χ3n) is 11.3. The highest BCUT2D eigenvalue weighted by Crippen LogP contribution is 2.39. The zero-order valence-electron chi connectivity index (χ0n) is 31.2. The van der Waals surface area contributed by atoms with Gasteiger partial charge in [0.15, 0.2) is 11.6 Å². The van der Waals surface area contributed by atoms with Gasteiger partial charge in [0.1, 0.15) is 5.65 Å². The zero-order valence-corrected chi connectivity index (χ0v) is 31.2. The second-order valence-corrected chi connectivity index (χ2v) is 14.7. The van der Waals surface area contributed by atoms with Gasteiger partial charge in [0.2, 0.25) is 5.95 Å². The molecular formula is C52H32N6. The highest BCUT2D eigenvalue weighted by atomic mass is 15.2. The summed E-state index contributed by atoms with van der Waals surface area (Å²) in [6, 6.07) is 68.0. The molecule has 6 heteroatoms. The summed E-state index contributed by atoms with van der Waals surface area (Å²) in [5.41, 5.74) is 12.4. The number of rotatable bonds is 5. The number of aromatic nitrogens is 6. The summed E-state index contributed by atoms with van der Waals surface area (Å²) in [6.07, 6.45) is 0. The predicted octanol–water partition coefficient (Wildman–Crippen LogP) is 12.7. The van der Waals surface area contributed by atoms with E-state index in [-0.39, 0.29) is 0 Å². The molecule has 8 aromatic carbocycles. The first-order valence-electron chi connectivity index (χ1n) is 19.5. The monoisotopic (exact) mass is 740 g/mol. The summed E-state index contributed by atoms with van der Waals surface area (Å²) in [7, 11) is 0. The average molecular weight is 741 g/mol. The Hall–Kier alpha value is -7.96. The van der Waals surface area contributed by atoms with Crippen LogP contribution in [-0.4, -0.2) is 28.9 Å². The molecule has 0 amide bonds. The lowest BCUT2D eigenvalue weighted by atomic mass is 10.0. The van der Waals surface area contributed by atoms with E-state index in [2.05, 4.69) is 191 Å². The van der Waals surface area contributed by atoms with Crippen LogP contribution in [0.2, 0.25) is 0 Å². The third kappa shape index (κ3) is 5.05. The highest BCUT2D eigenvalue weighted by molar-refractivity contribution is 6.20. The van der Waals surface area contributed by atoms with E-state index < -0.39 is 0 Å². The Morgan fingerprint density at radius 1 is 0.293 bits per heavy atom. The zero-order chi connectivity index (χ0) is 38.2. The third-order valence-corrected chi connectivity index (χ3v) is 11.3. The lowest BCUT2D eigenvalue weighted by Crippen LogP contribution is -2.06. The van der Waals surface area contributed by atoms with Gasteiger partial charge >= 0.3 is 0 Å². The molecule has 0 radical (unpaired) electrons. The Bertz CT molecular complexity index is 3470. The Balaban J connectivity index is 1.16. The lowest BCUT2D eigenvalue weighted by molar-refractivity contribution is 0.954. The standard InChI is InChI=1S/C52H32N6/c1-3-15-33(16-4-1)35-19-13-21-37(29-35)49-54-50(38-22-14-20-36(30-38)34-17-5-2-6-18-34)56-52(55-49)58-45-27-11-9-24-40(45)43-32-47-42(31-48(43)58)39-23-7-8-25-41(39)51-53-44-26-10-12-28-46(44)57(47)51/h1-32H. The quantitative estimate of drug-likeness (QED) is 0.165. The van der Waals surface area contributed by atoms with Crippen molar-refractivity contribution in [3.63, 3.8) is 0 Å². The molecule has 58 heavy (non-hydrogen) atoms. The van der Waals surface area contributed by atoms with Gasteiger partial charge in [0.25, 0.3) is 0 Å². The molecular weight excluding hydrogens is 709 g/mol. The summed E-state index contributed by atoms with van der Waals surface area (Å²) in [4.78, 5) is 21.0. The van der Waals surface area contributed by atoms with E-state index in [9.17, 15) is 0 Å². The Morgan fingerprint density at radius 3 is 1.47 bits per heavy atom. The average Bonchev–Trinajstić information content (AvgIpc) is 3.85. The minimum absolute atomic E-state index is 0.555. The van der Waals surface area contributed by atoms with Gasteiger partial charge in [-0.2, -0.15) is 9.97 Å². The summed E-state index contributed by atoms with van der Waals surface area (Å²) >= 11 is 0. The SMILES string of the molecule is c1ccc(-c2cccc(-c3nc(-c4cccc(-c5ccccc5)c4)nc(-n4c5ccccc5c5cc6c(cc54)c4ccccc4c4nc5ccccc5n64)n3)c2)cc1. The molecule has 0 fully saturated rings. The van der Waals surface area contributed by atoms with Gasteiger partial charge in [-0.3, -0.25) is 8.97 Å². The van der Waals surface area contributed by atoms with Crippen LogP contribution in [0.3, 0.4) is 0 Å². The van der Waals surface area contributed by atoms with E-state index in [1.165, 1.54) is 0 Å². The smallest absolute Gasteiger partial charge is 0.238 e. The van der Waals surface area contributed by atoms with Gasteiger partial charge in [-0.1, -0.05) is 152 Å². The largest absolute Gasteiger partial charge is 0.292 e. The number of hydrogen-bond acceptors (Lipinski definition) is 4. The van der Waals surface area contributed by atoms with Gasteiger partial charge in [-0.05, 0) is 70.1 Å². The molecule has 4 heterocycles. The van der Waals surface area contributed by atoms with Crippen molar-refractivity contribution in [2.24, 2.45) is 0 Å². The number of benzene rings is 8. The van der Waals surface area contributed by atoms with Crippen LogP contribution in [-0.2, 0) is 0 Å². The van der Waals surface area contributed by atoms with Crippen LogP contribution in [0, 0.1) is 0 Å². The molecule has 12 rings (SSSR count). The number of imidazole rings is 1. The van der Waals surface area contributed by atoms with Crippen molar-refractivity contribution in [3.05, 3.63) is 194 Å². The second-order valence-electron chi connectivity index (χ2n) is 14.7. The highest BCUT2D eigenvalue weighted by Gasteiger charge is 2.21. The molecule has 0 bridgehead atoms. The molecule has 270 valence electrons. The van der Waals surface area contributed by atoms with Crippen LogP contribution >= 0.6 is 0 Å². The maximum absolute atomic E-state index is 5.34. The molecule has 4 aromatic heterocycles. The number of fused-ring (bicyclic) bond motifs is 11. The van der Waals surface area contributed by atoms with E-state index in [0.29, 0.717) is 17.6 Å². The van der Waals surface area contributed by atoms with E-state index >= 15 is 0 Å². The molecule has 0 N–H and O–H groups in total. The summed E-state index contributed by atoms with van der Waals surface area (Å²) in [6.45, 7) is 0. The molecule has 12 aromatic rings. The molecule has 0 atom stereocenters. The molecule has 0 unspecified atom stereocenters. The van der Waals surface area contributed by atoms with Crippen molar-refractivity contribution in [1.29, 1.82) is 0 Å². The Morgan fingerprint density at radius 2 is 0.793 bits per heavy atom. The van der Waals surface area contributed by atoms with Gasteiger partial charge in [-0.25, -0.2) is 9.97 Å². The number of hydrogen-bond donors (Lipinski definition) is 0. The molecule has 0 spiro atoms. The van der Waals surface area contributed by atoms with Crippen molar-refractivity contribution in [1.82, 2.24) is 28.9 Å². The van der Waals surface area contributed by atoms with E-state index in [1.807, 2.05) is 12.1 Å². The minimum atomic E-state index is 0.555. The van der Waals surface area contributed by atoms with E-state index in [1.54, 1.807) is 0 Å². The second kappa shape index (κ2) is 12.8. The van der Waals surface area contributed by atoms with Gasteiger partial charge in [0.05, 0.1) is 27.6 Å². The number of pyridine rings is 1. The molecule has 6 nitrogen and oxygen atoms in total. The van der Waals surface area contributed by atoms with Crippen molar-refractivity contribution < 1.29 is 0 Å². The molecule has 0 saturated carbocycles. The van der Waals surface area contributed by atoms with Crippen LogP contribution < -0.4 is 0 Å². The Kier molecular flexibility index (Phi) is 7.13. The maximum atomic E-state index is 5.34. The van der Waals surface area contributed by atoms with E-state index in [0.717, 1.165) is 93.5 Å². The van der Waals surface area contributed by atoms with Gasteiger partial charge < -0.3 is 0 Å². The van der Waals surface area contributed by atoms with Crippen LogP contribution in [0.4, 0.5) is 0 Å². The van der Waals surface area contributed by atoms with Crippen molar-refractivity contribution in [2.45, 2.75) is 0 Å². The van der Waals surface area contributed by atoms with E-state index in [4.69, 9.17) is 19.9 Å². The first kappa shape index (κ1) is 32.3. The normalized spacial score (nSPS) is 11.8. The molecule has 0 aliphatic heterocycles. The fourth-order valence-electron chi connectivity index (χ4n) is 8.64. The topological polar surface area (TPSA) is 60.9 Å². The van der Waals surface area contributed by atoms with Gasteiger partial charge in [-0.15, -0.1) is 0 Å². The Labute approximate surface area is 333 Å². The first-order chi connectivity index (χ1) is 28.7. The minimum Gasteiger partial charge on any atom is -0.292 e. The molecule has 0 aliphatic carbocycles. The summed E-state index contributed by atoms with van der Waals surface area (Å²) < 4.78 is 4.53. The maximum Gasteiger partial charge on any atom is 0.238 e. The van der Waals surface area contributed by atoms with Gasteiger partial charge in [0, 0.05) is 32.7 Å². The van der Waals surface area contributed by atoms with Crippen molar-refractivity contribution >= 4 is 60.2 Å². The fraction of sp³-hybridized carbons (Fsp3) is 0. The van der Waals surface area contributed by atoms with Crippen LogP contribution in [0.15, 0.2) is 194 Å². The van der Waals surface area contributed by atoms with Crippen molar-refractivity contribution in [3.8, 4) is 51.0 Å². The lowest BCUT2D eigenvalue weighted by Gasteiger charge is -2.13. The van der Waals surface area contributed by atoms with Crippen LogP contribution in [0.1, 0.15) is 0 Å². The summed E-state index contributed by atoms with van der Waals surface area (Å²) in [5, 5.41) is 5.60. The van der Waals surface area contributed by atoms with Crippen LogP contribution in [0.5, 0.6) is 0 Å². The molecule has 0 saturated heterocycles. The van der Waals surface area contributed by atoms with Crippen molar-refractivity contribution in [2.75, 3.05) is 0 Å². The predicted molar refractivity (Wildman–Crippen MR) is 237 cm³/mol. The summed E-state index contributed by atoms with van der Waals surface area (Å²) in [5.74, 6) is 1.76. The van der Waals surface area contributed by atoms with Crippen LogP contribution in [0.25, 0.3) is 111 Å². The number of nitrogens with zero attached hydrogens (tertiary/aromatic N) is 6. The first-order valence-corrected chi connectivity index (χ1v) is 19.5.